The molecule has 2 heterocycles. The van der Waals surface area contributed by atoms with Crippen LogP contribution in [0.25, 0.3) is 0 Å². The molecule has 0 atom stereocenters. The summed E-state index contributed by atoms with van der Waals surface area (Å²) in [5, 5.41) is 17.4. The second-order valence-corrected chi connectivity index (χ2v) is 4.84. The zero-order chi connectivity index (χ0) is 13.2. The van der Waals surface area contributed by atoms with Gasteiger partial charge >= 0.3 is 0 Å². The Balaban J connectivity index is 2.26. The summed E-state index contributed by atoms with van der Waals surface area (Å²) in [6.07, 6.45) is 1.55. The molecule has 0 radical (unpaired) electrons. The Morgan fingerprint density at radius 2 is 2.17 bits per heavy atom. The number of aliphatic hydroxyl groups is 1. The average Bonchev–Trinajstić information content (AvgIpc) is 2.67. The molecule has 102 valence electrons. The van der Waals surface area contributed by atoms with Crippen molar-refractivity contribution >= 4 is 11.5 Å². The molecule has 18 heavy (non-hydrogen) atoms. The summed E-state index contributed by atoms with van der Waals surface area (Å²) in [7, 11) is 0. The molecule has 1 saturated heterocycles. The lowest BCUT2D eigenvalue weighted by atomic mass is 9.91. The third-order valence-corrected chi connectivity index (χ3v) is 3.61. The molecule has 1 fully saturated rings. The Bertz CT molecular complexity index is 410. The van der Waals surface area contributed by atoms with Gasteiger partial charge in [-0.2, -0.15) is 5.10 Å². The van der Waals surface area contributed by atoms with E-state index in [1.165, 1.54) is 0 Å². The van der Waals surface area contributed by atoms with E-state index in [2.05, 4.69) is 10.4 Å². The van der Waals surface area contributed by atoms with Crippen LogP contribution in [0.5, 0.6) is 0 Å². The Hall–Kier alpha value is -1.27. The molecule has 0 aromatic carbocycles. The first-order valence-corrected chi connectivity index (χ1v) is 6.41. The summed E-state index contributed by atoms with van der Waals surface area (Å²) < 4.78 is 7.20. The van der Waals surface area contributed by atoms with Crippen LogP contribution in [0.15, 0.2) is 0 Å². The number of nitrogens with two attached hydrogens (primary N) is 1. The first-order chi connectivity index (χ1) is 8.62. The van der Waals surface area contributed by atoms with E-state index in [-0.39, 0.29) is 12.1 Å². The van der Waals surface area contributed by atoms with Crippen LogP contribution in [0.4, 0.5) is 11.5 Å². The van der Waals surface area contributed by atoms with Crippen LogP contribution in [0.2, 0.25) is 0 Å². The van der Waals surface area contributed by atoms with Crippen molar-refractivity contribution < 1.29 is 9.84 Å². The van der Waals surface area contributed by atoms with E-state index in [1.54, 1.807) is 0 Å². The summed E-state index contributed by atoms with van der Waals surface area (Å²) in [4.78, 5) is 0. The summed E-state index contributed by atoms with van der Waals surface area (Å²) in [5.41, 5.74) is 7.19. The monoisotopic (exact) mass is 254 g/mol. The highest BCUT2D eigenvalue weighted by molar-refractivity contribution is 5.65. The molecule has 0 spiro atoms. The van der Waals surface area contributed by atoms with Gasteiger partial charge in [0.15, 0.2) is 0 Å². The van der Waals surface area contributed by atoms with Crippen LogP contribution in [0.3, 0.4) is 0 Å². The smallest absolute Gasteiger partial charge is 0.148 e. The molecule has 0 bridgehead atoms. The molecule has 2 rings (SSSR count). The van der Waals surface area contributed by atoms with Crippen LogP contribution in [-0.2, 0) is 11.3 Å². The van der Waals surface area contributed by atoms with E-state index in [9.17, 15) is 5.11 Å². The van der Waals surface area contributed by atoms with Gasteiger partial charge in [-0.15, -0.1) is 0 Å². The SMILES string of the molecule is CCn1nc(C)c(N)c1NC1(CO)CCOCC1. The topological polar surface area (TPSA) is 85.3 Å². The quantitative estimate of drug-likeness (QED) is 0.738. The second kappa shape index (κ2) is 5.16. The van der Waals surface area contributed by atoms with Gasteiger partial charge in [-0.05, 0) is 26.7 Å². The molecule has 0 unspecified atom stereocenters. The van der Waals surface area contributed by atoms with Crippen molar-refractivity contribution in [3.63, 3.8) is 0 Å². The number of rotatable bonds is 4. The molecular formula is C12H22N4O2. The number of anilines is 2. The first kappa shape index (κ1) is 13.2. The van der Waals surface area contributed by atoms with E-state index in [0.717, 1.165) is 30.9 Å². The highest BCUT2D eigenvalue weighted by Gasteiger charge is 2.33. The van der Waals surface area contributed by atoms with E-state index in [0.29, 0.717) is 18.9 Å². The van der Waals surface area contributed by atoms with Crippen molar-refractivity contribution in [2.45, 2.75) is 38.8 Å². The number of nitrogens with one attached hydrogen (secondary N) is 1. The maximum Gasteiger partial charge on any atom is 0.148 e. The molecule has 1 aromatic heterocycles. The highest BCUT2D eigenvalue weighted by atomic mass is 16.5. The maximum atomic E-state index is 9.68. The van der Waals surface area contributed by atoms with Gasteiger partial charge in [0, 0.05) is 19.8 Å². The molecule has 1 aliphatic heterocycles. The lowest BCUT2D eigenvalue weighted by molar-refractivity contribution is 0.0377. The molecule has 1 aliphatic rings. The zero-order valence-corrected chi connectivity index (χ0v) is 11.1. The number of nitrogen functional groups attached to an aromatic ring is 1. The summed E-state index contributed by atoms with van der Waals surface area (Å²) in [6.45, 7) is 6.05. The van der Waals surface area contributed by atoms with Crippen molar-refractivity contribution in [1.82, 2.24) is 9.78 Å². The minimum atomic E-state index is -0.342. The van der Waals surface area contributed by atoms with Gasteiger partial charge < -0.3 is 20.9 Å². The lowest BCUT2D eigenvalue weighted by Gasteiger charge is -2.37. The van der Waals surface area contributed by atoms with Crippen molar-refractivity contribution in [2.24, 2.45) is 0 Å². The average molecular weight is 254 g/mol. The lowest BCUT2D eigenvalue weighted by Crippen LogP contribution is -2.47. The molecule has 0 saturated carbocycles. The van der Waals surface area contributed by atoms with Crippen molar-refractivity contribution in [3.05, 3.63) is 5.69 Å². The van der Waals surface area contributed by atoms with Gasteiger partial charge in [-0.3, -0.25) is 0 Å². The third kappa shape index (κ3) is 2.30. The number of aromatic nitrogens is 2. The van der Waals surface area contributed by atoms with Crippen molar-refractivity contribution in [1.29, 1.82) is 0 Å². The van der Waals surface area contributed by atoms with Crippen molar-refractivity contribution in [3.8, 4) is 0 Å². The van der Waals surface area contributed by atoms with E-state index in [4.69, 9.17) is 10.5 Å². The van der Waals surface area contributed by atoms with Gasteiger partial charge in [0.1, 0.15) is 5.82 Å². The fourth-order valence-electron chi connectivity index (χ4n) is 2.29. The van der Waals surface area contributed by atoms with E-state index < -0.39 is 0 Å². The Labute approximate surface area is 107 Å². The molecule has 1 aromatic rings. The van der Waals surface area contributed by atoms with E-state index in [1.807, 2.05) is 18.5 Å². The van der Waals surface area contributed by atoms with Crippen molar-refractivity contribution in [2.75, 3.05) is 30.9 Å². The van der Waals surface area contributed by atoms with Crippen LogP contribution < -0.4 is 11.1 Å². The standard InChI is InChI=1S/C12H22N4O2/c1-3-16-11(10(13)9(2)15-16)14-12(8-17)4-6-18-7-5-12/h14,17H,3-8,13H2,1-2H3. The molecule has 6 heteroatoms. The van der Waals surface area contributed by atoms with Crippen LogP contribution in [0, 0.1) is 6.92 Å². The van der Waals surface area contributed by atoms with Crippen LogP contribution >= 0.6 is 0 Å². The molecular weight excluding hydrogens is 232 g/mol. The van der Waals surface area contributed by atoms with E-state index >= 15 is 0 Å². The fraction of sp³-hybridized carbons (Fsp3) is 0.750. The molecule has 6 nitrogen and oxygen atoms in total. The molecule has 4 N–H and O–H groups in total. The first-order valence-electron chi connectivity index (χ1n) is 6.41. The maximum absolute atomic E-state index is 9.68. The van der Waals surface area contributed by atoms with Crippen LogP contribution in [-0.4, -0.2) is 40.2 Å². The summed E-state index contributed by atoms with van der Waals surface area (Å²) in [5.74, 6) is 0.811. The predicted octanol–water partition coefficient (Wildman–Crippen LogP) is 0.747. The molecule has 0 aliphatic carbocycles. The van der Waals surface area contributed by atoms with Gasteiger partial charge in [0.05, 0.1) is 23.5 Å². The third-order valence-electron chi connectivity index (χ3n) is 3.61. The summed E-state index contributed by atoms with van der Waals surface area (Å²) in [6, 6.07) is 0. The van der Waals surface area contributed by atoms with Gasteiger partial charge in [0.25, 0.3) is 0 Å². The van der Waals surface area contributed by atoms with Crippen LogP contribution in [0.1, 0.15) is 25.5 Å². The largest absolute Gasteiger partial charge is 0.394 e. The Kier molecular flexibility index (Phi) is 3.77. The normalized spacial score (nSPS) is 18.8. The number of aryl methyl sites for hydroxylation is 2. The minimum absolute atomic E-state index is 0.0732. The number of aliphatic hydroxyl groups excluding tert-OH is 1. The number of hydrogen-bond donors (Lipinski definition) is 3. The number of hydrogen-bond acceptors (Lipinski definition) is 5. The number of nitrogens with zero attached hydrogens (tertiary/aromatic N) is 2. The second-order valence-electron chi connectivity index (χ2n) is 4.84. The Morgan fingerprint density at radius 1 is 1.50 bits per heavy atom. The predicted molar refractivity (Wildman–Crippen MR) is 70.5 cm³/mol. The number of ether oxygens (including phenoxy) is 1. The van der Waals surface area contributed by atoms with Gasteiger partial charge in [-0.25, -0.2) is 4.68 Å². The van der Waals surface area contributed by atoms with Gasteiger partial charge in [0.2, 0.25) is 0 Å². The zero-order valence-electron chi connectivity index (χ0n) is 11.1. The fourth-order valence-corrected chi connectivity index (χ4v) is 2.29. The highest BCUT2D eigenvalue weighted by Crippen LogP contribution is 2.30. The minimum Gasteiger partial charge on any atom is -0.394 e. The molecule has 0 amide bonds. The summed E-state index contributed by atoms with van der Waals surface area (Å²) >= 11 is 0. The van der Waals surface area contributed by atoms with Gasteiger partial charge in [-0.1, -0.05) is 0 Å². The Morgan fingerprint density at radius 3 is 2.72 bits per heavy atom.